The van der Waals surface area contributed by atoms with E-state index in [1.807, 2.05) is 17.3 Å². The summed E-state index contributed by atoms with van der Waals surface area (Å²) in [7, 11) is 0. The maximum Gasteiger partial charge on any atom is 0.274 e. The van der Waals surface area contributed by atoms with E-state index in [2.05, 4.69) is 57.2 Å². The summed E-state index contributed by atoms with van der Waals surface area (Å²) >= 11 is 5.12. The lowest BCUT2D eigenvalue weighted by Crippen LogP contribution is -2.35. The summed E-state index contributed by atoms with van der Waals surface area (Å²) in [5.41, 5.74) is 1.69. The molecule has 0 aromatic carbocycles. The van der Waals surface area contributed by atoms with Crippen molar-refractivity contribution in [2.75, 3.05) is 26.2 Å². The Balaban J connectivity index is 1.33. The summed E-state index contributed by atoms with van der Waals surface area (Å²) in [6, 6.07) is 1.78. The van der Waals surface area contributed by atoms with E-state index in [-0.39, 0.29) is 11.3 Å². The quantitative estimate of drug-likeness (QED) is 0.530. The molecule has 1 saturated heterocycles. The lowest BCUT2D eigenvalue weighted by Gasteiger charge is -2.21. The molecule has 8 nitrogen and oxygen atoms in total. The van der Waals surface area contributed by atoms with Crippen LogP contribution in [-0.4, -0.2) is 66.4 Å². The Hall–Kier alpha value is -2.04. The van der Waals surface area contributed by atoms with E-state index >= 15 is 0 Å². The lowest BCUT2D eigenvalue weighted by molar-refractivity contribution is 0.0754. The highest BCUT2D eigenvalue weighted by atomic mass is 79.9. The first kappa shape index (κ1) is 22.2. The van der Waals surface area contributed by atoms with E-state index in [4.69, 9.17) is 4.98 Å². The largest absolute Gasteiger partial charge is 0.336 e. The van der Waals surface area contributed by atoms with Crippen LogP contribution in [0.15, 0.2) is 34.5 Å². The standard InChI is InChI=1S/C21H28BrN7OS/c1-21(2,3)20-24-17(14-31-20)13-26-6-4-7-27(10-9-26)19(30)18-5-8-28(25-18)15-29-12-16(22)11-23-29/h5,8,11-12,14H,4,6-7,9-10,13,15H2,1-3H3. The maximum absolute atomic E-state index is 13.0. The number of rotatable bonds is 5. The number of amides is 1. The minimum atomic E-state index is -0.00840. The van der Waals surface area contributed by atoms with Crippen molar-refractivity contribution in [2.24, 2.45) is 0 Å². The molecule has 0 saturated carbocycles. The fraction of sp³-hybridized carbons (Fsp3) is 0.524. The number of thiazole rings is 1. The normalized spacial score (nSPS) is 15.9. The highest BCUT2D eigenvalue weighted by Crippen LogP contribution is 2.26. The van der Waals surface area contributed by atoms with Gasteiger partial charge in [-0.2, -0.15) is 10.2 Å². The highest BCUT2D eigenvalue weighted by Gasteiger charge is 2.23. The average molecular weight is 506 g/mol. The molecule has 0 radical (unpaired) electrons. The third kappa shape index (κ3) is 5.61. The van der Waals surface area contributed by atoms with Crippen molar-refractivity contribution < 1.29 is 4.79 Å². The van der Waals surface area contributed by atoms with Crippen LogP contribution in [0.4, 0.5) is 0 Å². The van der Waals surface area contributed by atoms with Crippen LogP contribution in [0, 0.1) is 0 Å². The number of halogens is 1. The number of hydrogen-bond donors (Lipinski definition) is 0. The predicted octanol–water partition coefficient (Wildman–Crippen LogP) is 3.45. The van der Waals surface area contributed by atoms with Gasteiger partial charge in [-0.15, -0.1) is 11.3 Å². The molecule has 0 bridgehead atoms. The number of nitrogens with zero attached hydrogens (tertiary/aromatic N) is 7. The first-order valence-electron chi connectivity index (χ1n) is 10.5. The number of hydrogen-bond acceptors (Lipinski definition) is 6. The molecule has 0 aliphatic carbocycles. The Morgan fingerprint density at radius 2 is 2.03 bits per heavy atom. The van der Waals surface area contributed by atoms with Crippen LogP contribution in [0.5, 0.6) is 0 Å². The zero-order valence-corrected chi connectivity index (χ0v) is 20.6. The number of carbonyl (C=O) groups is 1. The Kier molecular flexibility index (Phi) is 6.59. The molecule has 166 valence electrons. The van der Waals surface area contributed by atoms with Crippen LogP contribution < -0.4 is 0 Å². The first-order valence-corrected chi connectivity index (χ1v) is 12.1. The Morgan fingerprint density at radius 1 is 1.19 bits per heavy atom. The molecule has 10 heteroatoms. The van der Waals surface area contributed by atoms with Crippen LogP contribution in [0.25, 0.3) is 0 Å². The van der Waals surface area contributed by atoms with Gasteiger partial charge in [-0.25, -0.2) is 9.67 Å². The molecule has 1 aliphatic rings. The van der Waals surface area contributed by atoms with Crippen LogP contribution in [0.1, 0.15) is 48.4 Å². The van der Waals surface area contributed by atoms with E-state index in [1.165, 1.54) is 5.01 Å². The second-order valence-electron chi connectivity index (χ2n) is 8.90. The number of aromatic nitrogens is 5. The second kappa shape index (κ2) is 9.22. The molecule has 0 N–H and O–H groups in total. The van der Waals surface area contributed by atoms with Crippen molar-refractivity contribution in [3.05, 3.63) is 50.9 Å². The van der Waals surface area contributed by atoms with Crippen molar-refractivity contribution in [3.8, 4) is 0 Å². The summed E-state index contributed by atoms with van der Waals surface area (Å²) in [6.07, 6.45) is 6.37. The Labute approximate surface area is 195 Å². The van der Waals surface area contributed by atoms with Gasteiger partial charge in [0.05, 0.1) is 21.4 Å². The molecular formula is C21H28BrN7OS. The summed E-state index contributed by atoms with van der Waals surface area (Å²) < 4.78 is 4.40. The van der Waals surface area contributed by atoms with Crippen LogP contribution >= 0.6 is 27.3 Å². The Morgan fingerprint density at radius 3 is 2.74 bits per heavy atom. The summed E-state index contributed by atoms with van der Waals surface area (Å²) in [5, 5.41) is 12.0. The van der Waals surface area contributed by atoms with Gasteiger partial charge in [0.2, 0.25) is 0 Å². The molecule has 0 spiro atoms. The fourth-order valence-corrected chi connectivity index (χ4v) is 4.79. The molecule has 1 aliphatic heterocycles. The van der Waals surface area contributed by atoms with E-state index in [9.17, 15) is 4.79 Å². The highest BCUT2D eigenvalue weighted by molar-refractivity contribution is 9.10. The van der Waals surface area contributed by atoms with E-state index in [0.717, 1.165) is 42.8 Å². The molecule has 31 heavy (non-hydrogen) atoms. The third-order valence-electron chi connectivity index (χ3n) is 5.21. The van der Waals surface area contributed by atoms with Crippen molar-refractivity contribution in [2.45, 2.75) is 45.8 Å². The molecule has 1 amide bonds. The van der Waals surface area contributed by atoms with Crippen molar-refractivity contribution in [1.29, 1.82) is 0 Å². The van der Waals surface area contributed by atoms with Gasteiger partial charge >= 0.3 is 0 Å². The maximum atomic E-state index is 13.0. The smallest absolute Gasteiger partial charge is 0.274 e. The van der Waals surface area contributed by atoms with Gasteiger partial charge in [0.1, 0.15) is 12.4 Å². The van der Waals surface area contributed by atoms with Gasteiger partial charge in [-0.3, -0.25) is 14.4 Å². The van der Waals surface area contributed by atoms with E-state index < -0.39 is 0 Å². The third-order valence-corrected chi connectivity index (χ3v) is 6.93. The van der Waals surface area contributed by atoms with Gasteiger partial charge in [0.15, 0.2) is 0 Å². The molecular weight excluding hydrogens is 478 g/mol. The summed E-state index contributed by atoms with van der Waals surface area (Å²) in [6.45, 7) is 11.2. The first-order chi connectivity index (χ1) is 14.8. The van der Waals surface area contributed by atoms with Crippen molar-refractivity contribution in [3.63, 3.8) is 0 Å². The molecule has 0 atom stereocenters. The second-order valence-corrected chi connectivity index (χ2v) is 10.7. The van der Waals surface area contributed by atoms with Gasteiger partial charge in [0.25, 0.3) is 5.91 Å². The zero-order chi connectivity index (χ0) is 22.0. The van der Waals surface area contributed by atoms with Crippen molar-refractivity contribution in [1.82, 2.24) is 34.3 Å². The molecule has 0 unspecified atom stereocenters. The van der Waals surface area contributed by atoms with Gasteiger partial charge in [-0.05, 0) is 28.4 Å². The van der Waals surface area contributed by atoms with Crippen LogP contribution in [0.2, 0.25) is 0 Å². The monoisotopic (exact) mass is 505 g/mol. The Bertz CT molecular complexity index is 1030. The van der Waals surface area contributed by atoms with Crippen LogP contribution in [0.3, 0.4) is 0 Å². The average Bonchev–Trinajstić information content (AvgIpc) is 3.42. The van der Waals surface area contributed by atoms with Gasteiger partial charge < -0.3 is 4.90 Å². The van der Waals surface area contributed by atoms with Crippen molar-refractivity contribution >= 4 is 33.2 Å². The van der Waals surface area contributed by atoms with E-state index in [0.29, 0.717) is 18.9 Å². The minimum absolute atomic E-state index is 0.00840. The van der Waals surface area contributed by atoms with E-state index in [1.54, 1.807) is 33.0 Å². The molecule has 4 rings (SSSR count). The summed E-state index contributed by atoms with van der Waals surface area (Å²) in [5.74, 6) is -0.00840. The molecule has 4 heterocycles. The molecule has 3 aromatic heterocycles. The molecule has 3 aromatic rings. The summed E-state index contributed by atoms with van der Waals surface area (Å²) in [4.78, 5) is 22.1. The fourth-order valence-electron chi connectivity index (χ4n) is 3.57. The number of carbonyl (C=O) groups excluding carboxylic acids is 1. The molecule has 1 fully saturated rings. The van der Waals surface area contributed by atoms with Gasteiger partial charge in [-0.1, -0.05) is 20.8 Å². The topological polar surface area (TPSA) is 72.1 Å². The predicted molar refractivity (Wildman–Crippen MR) is 124 cm³/mol. The zero-order valence-electron chi connectivity index (χ0n) is 18.2. The van der Waals surface area contributed by atoms with Crippen LogP contribution in [-0.2, 0) is 18.6 Å². The van der Waals surface area contributed by atoms with Gasteiger partial charge in [0, 0.05) is 55.9 Å². The SMILES string of the molecule is CC(C)(C)c1nc(CN2CCCN(C(=O)c3ccn(Cn4cc(Br)cn4)n3)CC2)cs1. The lowest BCUT2D eigenvalue weighted by atomic mass is 9.98. The minimum Gasteiger partial charge on any atom is -0.336 e.